The zero-order chi connectivity index (χ0) is 16.3. The quantitative estimate of drug-likeness (QED) is 0.353. The molecule has 0 N–H and O–H groups in total. The van der Waals surface area contributed by atoms with E-state index in [0.717, 1.165) is 11.1 Å². The summed E-state index contributed by atoms with van der Waals surface area (Å²) in [5.74, 6) is -0.152. The fourth-order valence-electron chi connectivity index (χ4n) is 1.94. The van der Waals surface area contributed by atoms with Gasteiger partial charge in [0.05, 0.1) is 4.92 Å². The van der Waals surface area contributed by atoms with Gasteiger partial charge in [-0.1, -0.05) is 35.9 Å². The number of carbonyl (C=O) groups excluding carboxylic acids is 1. The number of hydrogen-bond donors (Lipinski definition) is 0. The van der Waals surface area contributed by atoms with E-state index in [0.29, 0.717) is 11.1 Å². The maximum absolute atomic E-state index is 12.1. The number of rotatable bonds is 4. The van der Waals surface area contributed by atoms with Crippen molar-refractivity contribution in [1.29, 1.82) is 0 Å². The Labute approximate surface area is 133 Å². The summed E-state index contributed by atoms with van der Waals surface area (Å²) in [6.45, 7) is 3.92. The van der Waals surface area contributed by atoms with Gasteiger partial charge in [-0.25, -0.2) is 0 Å². The van der Waals surface area contributed by atoms with Crippen LogP contribution < -0.4 is 0 Å². The van der Waals surface area contributed by atoms with Gasteiger partial charge in [0.2, 0.25) is 0 Å². The molecule has 22 heavy (non-hydrogen) atoms. The first-order chi connectivity index (χ1) is 10.4. The van der Waals surface area contributed by atoms with Crippen LogP contribution in [0.15, 0.2) is 42.5 Å². The minimum absolute atomic E-state index is 0.0719. The molecule has 0 saturated carbocycles. The number of carbonyl (C=O) groups is 1. The lowest BCUT2D eigenvalue weighted by Gasteiger charge is -2.02. The Balaban J connectivity index is 2.24. The van der Waals surface area contributed by atoms with E-state index in [1.165, 1.54) is 18.2 Å². The van der Waals surface area contributed by atoms with Crippen LogP contribution in [0.25, 0.3) is 6.08 Å². The van der Waals surface area contributed by atoms with Gasteiger partial charge in [-0.15, -0.1) is 0 Å². The molecule has 0 amide bonds. The molecule has 0 saturated heterocycles. The highest BCUT2D eigenvalue weighted by atomic mass is 35.5. The number of nitro benzene ring substituents is 1. The van der Waals surface area contributed by atoms with Gasteiger partial charge in [-0.3, -0.25) is 14.9 Å². The van der Waals surface area contributed by atoms with Crippen molar-refractivity contribution in [2.45, 2.75) is 13.8 Å². The number of halogens is 1. The summed E-state index contributed by atoms with van der Waals surface area (Å²) in [4.78, 5) is 22.4. The number of nitro groups is 1. The molecule has 0 fully saturated rings. The van der Waals surface area contributed by atoms with Crippen LogP contribution in [0.5, 0.6) is 0 Å². The molecule has 2 aromatic carbocycles. The summed E-state index contributed by atoms with van der Waals surface area (Å²) >= 11 is 5.75. The second-order valence-corrected chi connectivity index (χ2v) is 5.37. The third-order valence-corrected chi connectivity index (χ3v) is 3.71. The first kappa shape index (κ1) is 15.9. The number of nitrogens with zero attached hydrogens (tertiary/aromatic N) is 1. The van der Waals surface area contributed by atoms with Crippen LogP contribution in [0.2, 0.25) is 5.02 Å². The Kier molecular flexibility index (Phi) is 4.73. The van der Waals surface area contributed by atoms with Crippen molar-refractivity contribution in [3.05, 3.63) is 79.9 Å². The summed E-state index contributed by atoms with van der Waals surface area (Å²) in [7, 11) is 0. The summed E-state index contributed by atoms with van der Waals surface area (Å²) in [5, 5.41) is 10.9. The summed E-state index contributed by atoms with van der Waals surface area (Å²) < 4.78 is 0. The van der Waals surface area contributed by atoms with Gasteiger partial charge in [-0.2, -0.15) is 0 Å². The molecule has 5 heteroatoms. The average molecular weight is 316 g/mol. The molecule has 0 spiro atoms. The summed E-state index contributed by atoms with van der Waals surface area (Å²) in [5.41, 5.74) is 3.12. The van der Waals surface area contributed by atoms with Gasteiger partial charge >= 0.3 is 0 Å². The van der Waals surface area contributed by atoms with Crippen molar-refractivity contribution in [2.24, 2.45) is 0 Å². The minimum atomic E-state index is -0.551. The fraction of sp³-hybridized carbons (Fsp3) is 0.118. The largest absolute Gasteiger partial charge is 0.289 e. The monoisotopic (exact) mass is 315 g/mol. The Morgan fingerprint density at radius 3 is 2.50 bits per heavy atom. The Hall–Kier alpha value is -2.46. The van der Waals surface area contributed by atoms with E-state index in [2.05, 4.69) is 0 Å². The Bertz CT molecular complexity index is 781. The molecule has 4 nitrogen and oxygen atoms in total. The van der Waals surface area contributed by atoms with Gasteiger partial charge in [0, 0.05) is 11.6 Å². The van der Waals surface area contributed by atoms with Crippen LogP contribution in [0.3, 0.4) is 0 Å². The maximum atomic E-state index is 12.1. The fourth-order valence-corrected chi connectivity index (χ4v) is 2.12. The second kappa shape index (κ2) is 6.54. The van der Waals surface area contributed by atoms with Crippen molar-refractivity contribution in [1.82, 2.24) is 0 Å². The van der Waals surface area contributed by atoms with Gasteiger partial charge in [-0.05, 0) is 48.7 Å². The predicted molar refractivity (Wildman–Crippen MR) is 87.4 cm³/mol. The van der Waals surface area contributed by atoms with Crippen LogP contribution in [0.1, 0.15) is 27.0 Å². The topological polar surface area (TPSA) is 60.2 Å². The van der Waals surface area contributed by atoms with E-state index in [9.17, 15) is 14.9 Å². The SMILES string of the molecule is Cc1ccc(C(=O)/C=C/c2ccc(Cl)c([N+](=O)[O-])c2)cc1C. The third kappa shape index (κ3) is 3.59. The van der Waals surface area contributed by atoms with Crippen LogP contribution in [0.4, 0.5) is 5.69 Å². The van der Waals surface area contributed by atoms with Crippen LogP contribution in [0, 0.1) is 24.0 Å². The molecular formula is C17H14ClNO3. The van der Waals surface area contributed by atoms with Crippen molar-refractivity contribution in [3.63, 3.8) is 0 Å². The molecule has 0 radical (unpaired) electrons. The van der Waals surface area contributed by atoms with Crippen molar-refractivity contribution in [3.8, 4) is 0 Å². The second-order valence-electron chi connectivity index (χ2n) is 4.96. The average Bonchev–Trinajstić information content (AvgIpc) is 2.48. The molecular weight excluding hydrogens is 302 g/mol. The lowest BCUT2D eigenvalue weighted by molar-refractivity contribution is -0.384. The smallest absolute Gasteiger partial charge is 0.288 e. The number of hydrogen-bond acceptors (Lipinski definition) is 3. The lowest BCUT2D eigenvalue weighted by Crippen LogP contribution is -1.96. The van der Waals surface area contributed by atoms with Crippen molar-refractivity contribution in [2.75, 3.05) is 0 Å². The van der Waals surface area contributed by atoms with E-state index in [-0.39, 0.29) is 16.5 Å². The number of benzene rings is 2. The molecule has 0 aromatic heterocycles. The van der Waals surface area contributed by atoms with Crippen LogP contribution in [-0.2, 0) is 0 Å². The van der Waals surface area contributed by atoms with Crippen LogP contribution >= 0.6 is 11.6 Å². The minimum Gasteiger partial charge on any atom is -0.289 e. The molecule has 0 bridgehead atoms. The zero-order valence-electron chi connectivity index (χ0n) is 12.2. The van der Waals surface area contributed by atoms with E-state index >= 15 is 0 Å². The Morgan fingerprint density at radius 2 is 1.86 bits per heavy atom. The third-order valence-electron chi connectivity index (χ3n) is 3.39. The highest BCUT2D eigenvalue weighted by Gasteiger charge is 2.11. The van der Waals surface area contributed by atoms with E-state index in [4.69, 9.17) is 11.6 Å². The van der Waals surface area contributed by atoms with E-state index < -0.39 is 4.92 Å². The molecule has 0 atom stereocenters. The number of allylic oxidation sites excluding steroid dienone is 1. The van der Waals surface area contributed by atoms with Gasteiger partial charge in [0.15, 0.2) is 5.78 Å². The maximum Gasteiger partial charge on any atom is 0.288 e. The predicted octanol–water partition coefficient (Wildman–Crippen LogP) is 4.76. The first-order valence-corrected chi connectivity index (χ1v) is 7.00. The summed E-state index contributed by atoms with van der Waals surface area (Å²) in [6, 6.07) is 9.89. The zero-order valence-corrected chi connectivity index (χ0v) is 12.9. The molecule has 0 heterocycles. The molecule has 0 aliphatic carbocycles. The molecule has 0 aliphatic heterocycles. The lowest BCUT2D eigenvalue weighted by atomic mass is 10.0. The Morgan fingerprint density at radius 1 is 1.14 bits per heavy atom. The molecule has 2 rings (SSSR count). The molecule has 0 aliphatic rings. The number of ketones is 1. The highest BCUT2D eigenvalue weighted by Crippen LogP contribution is 2.25. The molecule has 0 unspecified atom stereocenters. The molecule has 2 aromatic rings. The van der Waals surface area contributed by atoms with E-state index in [1.54, 1.807) is 18.2 Å². The first-order valence-electron chi connectivity index (χ1n) is 6.62. The normalized spacial score (nSPS) is 10.9. The standard InChI is InChI=1S/C17H14ClNO3/c1-11-3-6-14(9-12(11)2)17(20)8-5-13-4-7-15(18)16(10-13)19(21)22/h3-10H,1-2H3/b8-5+. The number of aryl methyl sites for hydroxylation is 2. The molecule has 112 valence electrons. The van der Waals surface area contributed by atoms with Gasteiger partial charge in [0.1, 0.15) is 5.02 Å². The summed E-state index contributed by atoms with van der Waals surface area (Å²) in [6.07, 6.45) is 2.94. The van der Waals surface area contributed by atoms with Crippen LogP contribution in [-0.4, -0.2) is 10.7 Å². The highest BCUT2D eigenvalue weighted by molar-refractivity contribution is 6.32. The van der Waals surface area contributed by atoms with Gasteiger partial charge < -0.3 is 0 Å². The van der Waals surface area contributed by atoms with Crippen molar-refractivity contribution >= 4 is 29.1 Å². The van der Waals surface area contributed by atoms with Gasteiger partial charge in [0.25, 0.3) is 5.69 Å². The van der Waals surface area contributed by atoms with E-state index in [1.807, 2.05) is 26.0 Å². The van der Waals surface area contributed by atoms with Crippen molar-refractivity contribution < 1.29 is 9.72 Å².